The fourth-order valence-electron chi connectivity index (χ4n) is 1.02. The Bertz CT molecular complexity index is 381. The van der Waals surface area contributed by atoms with Gasteiger partial charge in [0.05, 0.1) is 5.56 Å². The van der Waals surface area contributed by atoms with Crippen molar-refractivity contribution in [2.75, 3.05) is 0 Å². The van der Waals surface area contributed by atoms with Crippen LogP contribution in [0.1, 0.15) is 25.0 Å². The molecule has 0 unspecified atom stereocenters. The smallest absolute Gasteiger partial charge is 0.101 e. The molecule has 1 heterocycles. The molecule has 0 amide bonds. The van der Waals surface area contributed by atoms with Crippen molar-refractivity contribution in [1.82, 2.24) is 4.98 Å². The molecule has 0 atom stereocenters. The second-order valence-corrected chi connectivity index (χ2v) is 2.84. The number of allylic oxidation sites excluding steroid dienone is 2. The summed E-state index contributed by atoms with van der Waals surface area (Å²) >= 11 is 0. The molecular weight excluding hydrogens is 162 g/mol. The lowest BCUT2D eigenvalue weighted by Crippen LogP contribution is -1.97. The summed E-state index contributed by atoms with van der Waals surface area (Å²) in [7, 11) is 0. The normalized spacial score (nSPS) is 11.8. The van der Waals surface area contributed by atoms with Crippen molar-refractivity contribution >= 4 is 5.57 Å². The molecule has 3 nitrogen and oxygen atoms in total. The molecule has 0 aromatic carbocycles. The standard InChI is InChI=1S/C10H11N3/c1-7(8(2)12)10-3-4-13-6-9(10)5-11/h3-4,6H,12H2,1-2H3/b8-7-. The maximum absolute atomic E-state index is 8.80. The van der Waals surface area contributed by atoms with Gasteiger partial charge in [-0.2, -0.15) is 5.26 Å². The molecule has 0 spiro atoms. The van der Waals surface area contributed by atoms with Crippen molar-refractivity contribution in [2.45, 2.75) is 13.8 Å². The maximum atomic E-state index is 8.80. The van der Waals surface area contributed by atoms with Gasteiger partial charge >= 0.3 is 0 Å². The van der Waals surface area contributed by atoms with Gasteiger partial charge in [0.1, 0.15) is 6.07 Å². The minimum atomic E-state index is 0.560. The van der Waals surface area contributed by atoms with Crippen LogP contribution in [-0.4, -0.2) is 4.98 Å². The summed E-state index contributed by atoms with van der Waals surface area (Å²) in [5.74, 6) is 0. The number of nitrogens with two attached hydrogens (primary N) is 1. The molecule has 0 aliphatic rings. The van der Waals surface area contributed by atoms with E-state index in [2.05, 4.69) is 11.1 Å². The van der Waals surface area contributed by atoms with Crippen LogP contribution in [-0.2, 0) is 0 Å². The van der Waals surface area contributed by atoms with Gasteiger partial charge in [0, 0.05) is 18.1 Å². The molecule has 1 aromatic rings. The van der Waals surface area contributed by atoms with Crippen LogP contribution < -0.4 is 5.73 Å². The highest BCUT2D eigenvalue weighted by Crippen LogP contribution is 2.18. The average Bonchev–Trinajstić information content (AvgIpc) is 2.16. The minimum absolute atomic E-state index is 0.560. The molecule has 1 aromatic heterocycles. The van der Waals surface area contributed by atoms with Gasteiger partial charge < -0.3 is 5.73 Å². The van der Waals surface area contributed by atoms with E-state index in [1.165, 1.54) is 0 Å². The van der Waals surface area contributed by atoms with Crippen molar-refractivity contribution in [3.05, 3.63) is 35.3 Å². The zero-order chi connectivity index (χ0) is 9.84. The largest absolute Gasteiger partial charge is 0.402 e. The number of aromatic nitrogens is 1. The van der Waals surface area contributed by atoms with Gasteiger partial charge in [-0.05, 0) is 31.1 Å². The van der Waals surface area contributed by atoms with Gasteiger partial charge in [-0.1, -0.05) is 0 Å². The minimum Gasteiger partial charge on any atom is -0.402 e. The molecule has 1 rings (SSSR count). The summed E-state index contributed by atoms with van der Waals surface area (Å²) in [6.45, 7) is 3.71. The molecule has 66 valence electrons. The average molecular weight is 173 g/mol. The molecule has 0 saturated heterocycles. The zero-order valence-corrected chi connectivity index (χ0v) is 7.70. The van der Waals surface area contributed by atoms with Crippen molar-refractivity contribution in [3.8, 4) is 6.07 Å². The maximum Gasteiger partial charge on any atom is 0.101 e. The molecular formula is C10H11N3. The van der Waals surface area contributed by atoms with E-state index in [-0.39, 0.29) is 0 Å². The molecule has 0 fully saturated rings. The van der Waals surface area contributed by atoms with E-state index in [9.17, 15) is 0 Å². The lowest BCUT2D eigenvalue weighted by Gasteiger charge is -2.04. The van der Waals surface area contributed by atoms with Gasteiger partial charge in [0.2, 0.25) is 0 Å². The highest BCUT2D eigenvalue weighted by atomic mass is 14.6. The summed E-state index contributed by atoms with van der Waals surface area (Å²) in [6, 6.07) is 3.88. The molecule has 0 bridgehead atoms. The molecule has 3 heteroatoms. The topological polar surface area (TPSA) is 62.7 Å². The third kappa shape index (κ3) is 1.85. The molecule has 13 heavy (non-hydrogen) atoms. The summed E-state index contributed by atoms with van der Waals surface area (Å²) in [6.07, 6.45) is 3.20. The van der Waals surface area contributed by atoms with Crippen molar-refractivity contribution in [1.29, 1.82) is 5.26 Å². The van der Waals surface area contributed by atoms with Crippen LogP contribution in [0.4, 0.5) is 0 Å². The van der Waals surface area contributed by atoms with Crippen molar-refractivity contribution in [2.24, 2.45) is 5.73 Å². The first-order valence-corrected chi connectivity index (χ1v) is 3.94. The van der Waals surface area contributed by atoms with E-state index in [1.807, 2.05) is 13.8 Å². The van der Waals surface area contributed by atoms with Crippen LogP contribution in [0, 0.1) is 11.3 Å². The summed E-state index contributed by atoms with van der Waals surface area (Å²) < 4.78 is 0. The number of nitriles is 1. The lowest BCUT2D eigenvalue weighted by molar-refractivity contribution is 1.25. The number of nitrogens with zero attached hydrogens (tertiary/aromatic N) is 2. The van der Waals surface area contributed by atoms with Crippen LogP contribution in [0.2, 0.25) is 0 Å². The van der Waals surface area contributed by atoms with Gasteiger partial charge in [-0.3, -0.25) is 4.98 Å². The van der Waals surface area contributed by atoms with E-state index in [0.29, 0.717) is 5.56 Å². The lowest BCUT2D eigenvalue weighted by atomic mass is 10.0. The van der Waals surface area contributed by atoms with Crippen LogP contribution >= 0.6 is 0 Å². The summed E-state index contributed by atoms with van der Waals surface area (Å²) in [5.41, 5.74) is 8.71. The van der Waals surface area contributed by atoms with Crippen molar-refractivity contribution in [3.63, 3.8) is 0 Å². The third-order valence-electron chi connectivity index (χ3n) is 1.94. The molecule has 2 N–H and O–H groups in total. The van der Waals surface area contributed by atoms with Gasteiger partial charge in [-0.15, -0.1) is 0 Å². The summed E-state index contributed by atoms with van der Waals surface area (Å²) in [4.78, 5) is 3.87. The van der Waals surface area contributed by atoms with Gasteiger partial charge in [0.15, 0.2) is 0 Å². The predicted molar refractivity (Wildman–Crippen MR) is 51.4 cm³/mol. The number of pyridine rings is 1. The SMILES string of the molecule is C/C(N)=C(\C)c1ccncc1C#N. The summed E-state index contributed by atoms with van der Waals surface area (Å²) in [5, 5.41) is 8.80. The van der Waals surface area contributed by atoms with E-state index < -0.39 is 0 Å². The Morgan fingerprint density at radius 3 is 2.77 bits per heavy atom. The first kappa shape index (κ1) is 9.27. The Morgan fingerprint density at radius 2 is 2.23 bits per heavy atom. The van der Waals surface area contributed by atoms with E-state index in [0.717, 1.165) is 16.8 Å². The first-order chi connectivity index (χ1) is 6.16. The number of hydrogen-bond acceptors (Lipinski definition) is 3. The van der Waals surface area contributed by atoms with Crippen LogP contribution in [0.3, 0.4) is 0 Å². The third-order valence-corrected chi connectivity index (χ3v) is 1.94. The zero-order valence-electron chi connectivity index (χ0n) is 7.70. The molecule has 0 aliphatic carbocycles. The molecule has 0 aliphatic heterocycles. The molecule has 0 radical (unpaired) electrons. The first-order valence-electron chi connectivity index (χ1n) is 3.94. The second kappa shape index (κ2) is 3.72. The Balaban J connectivity index is 3.32. The number of rotatable bonds is 1. The Hall–Kier alpha value is -1.82. The second-order valence-electron chi connectivity index (χ2n) is 2.84. The highest BCUT2D eigenvalue weighted by molar-refractivity contribution is 5.70. The van der Waals surface area contributed by atoms with E-state index in [1.54, 1.807) is 18.5 Å². The fourth-order valence-corrected chi connectivity index (χ4v) is 1.02. The predicted octanol–water partition coefficient (Wildman–Crippen LogP) is 1.66. The Labute approximate surface area is 77.5 Å². The van der Waals surface area contributed by atoms with Crippen LogP contribution in [0.25, 0.3) is 5.57 Å². The monoisotopic (exact) mass is 173 g/mol. The van der Waals surface area contributed by atoms with Crippen molar-refractivity contribution < 1.29 is 0 Å². The van der Waals surface area contributed by atoms with E-state index in [4.69, 9.17) is 11.0 Å². The Kier molecular flexibility index (Phi) is 2.65. The fraction of sp³-hybridized carbons (Fsp3) is 0.200. The van der Waals surface area contributed by atoms with Crippen LogP contribution in [0.5, 0.6) is 0 Å². The van der Waals surface area contributed by atoms with Crippen LogP contribution in [0.15, 0.2) is 24.2 Å². The van der Waals surface area contributed by atoms with Gasteiger partial charge in [0.25, 0.3) is 0 Å². The quantitative estimate of drug-likeness (QED) is 0.702. The number of hydrogen-bond donors (Lipinski definition) is 1. The van der Waals surface area contributed by atoms with Gasteiger partial charge in [-0.25, -0.2) is 0 Å². The molecule has 0 saturated carbocycles. The highest BCUT2D eigenvalue weighted by Gasteiger charge is 2.04. The Morgan fingerprint density at radius 1 is 1.54 bits per heavy atom. The van der Waals surface area contributed by atoms with E-state index >= 15 is 0 Å².